The van der Waals surface area contributed by atoms with Crippen LogP contribution in [-0.2, 0) is 0 Å². The Balaban J connectivity index is 3.26. The van der Waals surface area contributed by atoms with Gasteiger partial charge in [-0.2, -0.15) is 0 Å². The van der Waals surface area contributed by atoms with Crippen LogP contribution in [-0.4, -0.2) is 19.4 Å². The molecule has 0 aromatic heterocycles. The molecule has 0 heterocycles. The summed E-state index contributed by atoms with van der Waals surface area (Å²) in [6.07, 6.45) is 0.236. The Bertz CT molecular complexity index is 416. The lowest BCUT2D eigenvalue weighted by Crippen LogP contribution is -2.10. The van der Waals surface area contributed by atoms with Crippen molar-refractivity contribution in [1.82, 2.24) is 0 Å². The maximum absolute atomic E-state index is 13.7. The second-order valence-corrected chi connectivity index (χ2v) is 4.19. The molecule has 0 aliphatic carbocycles. The van der Waals surface area contributed by atoms with Crippen molar-refractivity contribution < 1.29 is 13.9 Å². The minimum atomic E-state index is -0.346. The number of rotatable bonds is 5. The molecule has 1 rings (SSSR count). The van der Waals surface area contributed by atoms with Crippen molar-refractivity contribution in [3.8, 4) is 5.75 Å². The first kappa shape index (κ1) is 13.6. The van der Waals surface area contributed by atoms with Gasteiger partial charge in [0.2, 0.25) is 0 Å². The summed E-state index contributed by atoms with van der Waals surface area (Å²) in [5.41, 5.74) is 6.28. The van der Waals surface area contributed by atoms with Crippen LogP contribution < -0.4 is 10.5 Å². The molecule has 0 radical (unpaired) electrons. The molecule has 4 heteroatoms. The highest BCUT2D eigenvalue weighted by molar-refractivity contribution is 5.99. The van der Waals surface area contributed by atoms with Crippen LogP contribution in [0.4, 0.5) is 4.39 Å². The monoisotopic (exact) mass is 239 g/mol. The molecule has 1 aromatic rings. The fourth-order valence-corrected chi connectivity index (χ4v) is 1.67. The third-order valence-electron chi connectivity index (χ3n) is 2.61. The molecule has 0 unspecified atom stereocenters. The van der Waals surface area contributed by atoms with Crippen LogP contribution in [0.1, 0.15) is 42.1 Å². The Hall–Kier alpha value is -1.42. The highest BCUT2D eigenvalue weighted by Crippen LogP contribution is 2.28. The van der Waals surface area contributed by atoms with Gasteiger partial charge in [-0.1, -0.05) is 13.8 Å². The second-order valence-electron chi connectivity index (χ2n) is 4.19. The number of carbonyl (C=O) groups excluding carboxylic acids is 1. The lowest BCUT2D eigenvalue weighted by atomic mass is 9.97. The number of ketones is 1. The van der Waals surface area contributed by atoms with Crippen molar-refractivity contribution in [2.75, 3.05) is 13.7 Å². The third-order valence-corrected chi connectivity index (χ3v) is 2.61. The molecule has 0 saturated carbocycles. The zero-order valence-electron chi connectivity index (χ0n) is 10.4. The van der Waals surface area contributed by atoms with Crippen LogP contribution in [0.15, 0.2) is 12.1 Å². The fraction of sp³-hybridized carbons (Fsp3) is 0.462. The van der Waals surface area contributed by atoms with Gasteiger partial charge in [0.25, 0.3) is 0 Å². The van der Waals surface area contributed by atoms with Crippen LogP contribution >= 0.6 is 0 Å². The van der Waals surface area contributed by atoms with Gasteiger partial charge in [-0.25, -0.2) is 4.39 Å². The SMILES string of the molecule is COc1cc(F)c(C(C)C)cc1C(=O)CCN. The number of hydrogen-bond donors (Lipinski definition) is 1. The third kappa shape index (κ3) is 3.03. The highest BCUT2D eigenvalue weighted by atomic mass is 19.1. The summed E-state index contributed by atoms with van der Waals surface area (Å²) in [4.78, 5) is 11.8. The molecule has 0 amide bonds. The lowest BCUT2D eigenvalue weighted by Gasteiger charge is -2.13. The van der Waals surface area contributed by atoms with E-state index in [2.05, 4.69) is 0 Å². The number of halogens is 1. The molecule has 3 nitrogen and oxygen atoms in total. The van der Waals surface area contributed by atoms with Crippen LogP contribution in [0.25, 0.3) is 0 Å². The van der Waals surface area contributed by atoms with E-state index in [0.717, 1.165) is 0 Å². The van der Waals surface area contributed by atoms with Crippen molar-refractivity contribution in [2.45, 2.75) is 26.2 Å². The smallest absolute Gasteiger partial charge is 0.167 e. The van der Waals surface area contributed by atoms with Crippen molar-refractivity contribution in [3.63, 3.8) is 0 Å². The summed E-state index contributed by atoms with van der Waals surface area (Å²) >= 11 is 0. The number of carbonyl (C=O) groups is 1. The number of ether oxygens (including phenoxy) is 1. The molecule has 0 spiro atoms. The van der Waals surface area contributed by atoms with Gasteiger partial charge >= 0.3 is 0 Å². The summed E-state index contributed by atoms with van der Waals surface area (Å²) in [6.45, 7) is 4.03. The van der Waals surface area contributed by atoms with E-state index in [4.69, 9.17) is 10.5 Å². The fourth-order valence-electron chi connectivity index (χ4n) is 1.67. The molecule has 2 N–H and O–H groups in total. The van der Waals surface area contributed by atoms with E-state index in [0.29, 0.717) is 11.1 Å². The van der Waals surface area contributed by atoms with Crippen LogP contribution in [0.5, 0.6) is 5.75 Å². The predicted octanol–water partition coefficient (Wildman–Crippen LogP) is 2.49. The topological polar surface area (TPSA) is 52.3 Å². The number of methoxy groups -OCH3 is 1. The number of benzene rings is 1. The van der Waals surface area contributed by atoms with E-state index in [1.54, 1.807) is 6.07 Å². The quantitative estimate of drug-likeness (QED) is 0.803. The standard InChI is InChI=1S/C13H18FNO2/c1-8(2)9-6-10(12(16)4-5-15)13(17-3)7-11(9)14/h6-8H,4-5,15H2,1-3H3. The molecule has 0 bridgehead atoms. The van der Waals surface area contributed by atoms with Gasteiger partial charge in [-0.3, -0.25) is 4.79 Å². The Morgan fingerprint density at radius 3 is 2.59 bits per heavy atom. The Labute approximate surface area is 101 Å². The molecule has 0 saturated heterocycles. The Morgan fingerprint density at radius 2 is 2.12 bits per heavy atom. The van der Waals surface area contributed by atoms with Crippen molar-refractivity contribution in [3.05, 3.63) is 29.1 Å². The molecule has 17 heavy (non-hydrogen) atoms. The minimum Gasteiger partial charge on any atom is -0.496 e. The summed E-state index contributed by atoms with van der Waals surface area (Å²) in [5.74, 6) is -0.178. The van der Waals surface area contributed by atoms with Gasteiger partial charge in [-0.05, 0) is 24.1 Å². The molecule has 1 aromatic carbocycles. The predicted molar refractivity (Wildman–Crippen MR) is 65.0 cm³/mol. The summed E-state index contributed by atoms with van der Waals surface area (Å²) in [7, 11) is 1.42. The zero-order valence-corrected chi connectivity index (χ0v) is 10.4. The maximum Gasteiger partial charge on any atom is 0.167 e. The van der Waals surface area contributed by atoms with E-state index < -0.39 is 0 Å². The number of Topliss-reactive ketones (excluding diaryl/α,β-unsaturated/α-hetero) is 1. The first-order valence-electron chi connectivity index (χ1n) is 5.62. The van der Waals surface area contributed by atoms with Gasteiger partial charge < -0.3 is 10.5 Å². The summed E-state index contributed by atoms with van der Waals surface area (Å²) in [5, 5.41) is 0. The molecule has 0 aliphatic rings. The largest absolute Gasteiger partial charge is 0.496 e. The molecule has 0 atom stereocenters. The van der Waals surface area contributed by atoms with E-state index in [1.807, 2.05) is 13.8 Å². The number of hydrogen-bond acceptors (Lipinski definition) is 3. The molecular formula is C13H18FNO2. The normalized spacial score (nSPS) is 10.7. The Morgan fingerprint density at radius 1 is 1.47 bits per heavy atom. The van der Waals surface area contributed by atoms with Crippen LogP contribution in [0.3, 0.4) is 0 Å². The van der Waals surface area contributed by atoms with Crippen LogP contribution in [0.2, 0.25) is 0 Å². The average Bonchev–Trinajstić information content (AvgIpc) is 2.28. The van der Waals surface area contributed by atoms with Crippen LogP contribution in [0, 0.1) is 5.82 Å². The van der Waals surface area contributed by atoms with Crippen molar-refractivity contribution in [1.29, 1.82) is 0 Å². The second kappa shape index (κ2) is 5.77. The van der Waals surface area contributed by atoms with Gasteiger partial charge in [0.1, 0.15) is 11.6 Å². The van der Waals surface area contributed by atoms with Crippen molar-refractivity contribution >= 4 is 5.78 Å². The molecular weight excluding hydrogens is 221 g/mol. The highest BCUT2D eigenvalue weighted by Gasteiger charge is 2.17. The molecule has 0 aliphatic heterocycles. The lowest BCUT2D eigenvalue weighted by molar-refractivity contribution is 0.0982. The van der Waals surface area contributed by atoms with Gasteiger partial charge in [0.15, 0.2) is 5.78 Å². The van der Waals surface area contributed by atoms with E-state index >= 15 is 0 Å². The van der Waals surface area contributed by atoms with Gasteiger partial charge in [0.05, 0.1) is 12.7 Å². The van der Waals surface area contributed by atoms with Crippen molar-refractivity contribution in [2.24, 2.45) is 5.73 Å². The molecule has 94 valence electrons. The summed E-state index contributed by atoms with van der Waals surface area (Å²) in [6, 6.07) is 2.83. The number of nitrogens with two attached hydrogens (primary N) is 1. The maximum atomic E-state index is 13.7. The van der Waals surface area contributed by atoms with E-state index in [9.17, 15) is 9.18 Å². The average molecular weight is 239 g/mol. The van der Waals surface area contributed by atoms with E-state index in [1.165, 1.54) is 13.2 Å². The van der Waals surface area contributed by atoms with E-state index in [-0.39, 0.29) is 36.2 Å². The summed E-state index contributed by atoms with van der Waals surface area (Å²) < 4.78 is 18.7. The van der Waals surface area contributed by atoms with Gasteiger partial charge in [-0.15, -0.1) is 0 Å². The zero-order chi connectivity index (χ0) is 13.0. The van der Waals surface area contributed by atoms with Gasteiger partial charge in [0, 0.05) is 12.5 Å². The first-order chi connectivity index (χ1) is 8.01. The minimum absolute atomic E-state index is 0.0188. The molecule has 0 fully saturated rings. The Kier molecular flexibility index (Phi) is 4.63. The first-order valence-corrected chi connectivity index (χ1v) is 5.62.